The van der Waals surface area contributed by atoms with E-state index < -0.39 is 0 Å². The fraction of sp³-hybridized carbons (Fsp3) is 0.929. The Balaban J connectivity index is 1.55. The second kappa shape index (κ2) is 7.10. The van der Waals surface area contributed by atoms with Gasteiger partial charge in [-0.2, -0.15) is 0 Å². The summed E-state index contributed by atoms with van der Waals surface area (Å²) in [5.74, 6) is 1.36. The Kier molecular flexibility index (Phi) is 5.45. The van der Waals surface area contributed by atoms with Crippen LogP contribution in [0.25, 0.3) is 0 Å². The van der Waals surface area contributed by atoms with Crippen molar-refractivity contribution in [1.29, 1.82) is 0 Å². The van der Waals surface area contributed by atoms with Gasteiger partial charge in [-0.3, -0.25) is 4.79 Å². The average Bonchev–Trinajstić information content (AvgIpc) is 2.33. The van der Waals surface area contributed by atoms with Crippen molar-refractivity contribution in [2.75, 3.05) is 39.3 Å². The maximum Gasteiger partial charge on any atom is 0.220 e. The van der Waals surface area contributed by atoms with Crippen LogP contribution < -0.4 is 10.6 Å². The fourth-order valence-electron chi connectivity index (χ4n) is 2.76. The minimum Gasteiger partial charge on any atom is -0.356 e. The van der Waals surface area contributed by atoms with Crippen LogP contribution in [0.2, 0.25) is 0 Å². The molecule has 0 radical (unpaired) electrons. The van der Waals surface area contributed by atoms with E-state index >= 15 is 0 Å². The minimum absolute atomic E-state index is 0.229. The summed E-state index contributed by atoms with van der Waals surface area (Å²) in [6, 6.07) is 0. The highest BCUT2D eigenvalue weighted by Gasteiger charge is 2.20. The number of carbonyl (C=O) groups excluding carboxylic acids is 1. The van der Waals surface area contributed by atoms with Crippen LogP contribution in [0.1, 0.15) is 32.6 Å². The van der Waals surface area contributed by atoms with E-state index in [1.807, 2.05) is 0 Å². The van der Waals surface area contributed by atoms with Crippen molar-refractivity contribution >= 4 is 5.91 Å². The van der Waals surface area contributed by atoms with Crippen LogP contribution in [-0.2, 0) is 4.79 Å². The molecule has 1 amide bonds. The molecule has 104 valence electrons. The normalized spacial score (nSPS) is 23.4. The van der Waals surface area contributed by atoms with Gasteiger partial charge in [0.1, 0.15) is 0 Å². The smallest absolute Gasteiger partial charge is 0.220 e. The average molecular weight is 253 g/mol. The Hall–Kier alpha value is -0.610. The summed E-state index contributed by atoms with van der Waals surface area (Å²) in [6.45, 7) is 8.70. The first-order chi connectivity index (χ1) is 8.74. The number of hydrogen-bond acceptors (Lipinski definition) is 3. The van der Waals surface area contributed by atoms with Gasteiger partial charge in [0.2, 0.25) is 5.91 Å². The van der Waals surface area contributed by atoms with Gasteiger partial charge >= 0.3 is 0 Å². The molecule has 4 heteroatoms. The second-order valence-corrected chi connectivity index (χ2v) is 6.00. The molecule has 0 aromatic heterocycles. The van der Waals surface area contributed by atoms with Crippen molar-refractivity contribution in [1.82, 2.24) is 15.5 Å². The van der Waals surface area contributed by atoms with Gasteiger partial charge in [0.25, 0.3) is 0 Å². The van der Waals surface area contributed by atoms with Crippen LogP contribution in [0.5, 0.6) is 0 Å². The largest absolute Gasteiger partial charge is 0.356 e. The van der Waals surface area contributed by atoms with Crippen molar-refractivity contribution in [2.24, 2.45) is 11.8 Å². The summed E-state index contributed by atoms with van der Waals surface area (Å²) in [6.07, 6.45) is 4.77. The number of rotatable bonds is 6. The van der Waals surface area contributed by atoms with E-state index in [0.29, 0.717) is 18.3 Å². The zero-order chi connectivity index (χ0) is 12.8. The third-order valence-corrected chi connectivity index (χ3v) is 4.01. The summed E-state index contributed by atoms with van der Waals surface area (Å²) in [5, 5.41) is 6.28. The monoisotopic (exact) mass is 253 g/mol. The van der Waals surface area contributed by atoms with E-state index in [4.69, 9.17) is 0 Å². The maximum absolute atomic E-state index is 11.7. The molecule has 0 aliphatic carbocycles. The molecule has 2 aliphatic heterocycles. The van der Waals surface area contributed by atoms with E-state index in [1.165, 1.54) is 32.4 Å². The van der Waals surface area contributed by atoms with Gasteiger partial charge in [-0.15, -0.1) is 0 Å². The Bertz CT molecular complexity index is 260. The van der Waals surface area contributed by atoms with Crippen molar-refractivity contribution in [2.45, 2.75) is 32.6 Å². The number of nitrogens with one attached hydrogen (secondary N) is 2. The lowest BCUT2D eigenvalue weighted by atomic mass is 9.99. The molecule has 18 heavy (non-hydrogen) atoms. The van der Waals surface area contributed by atoms with Gasteiger partial charge in [0, 0.05) is 19.5 Å². The molecule has 2 rings (SSSR count). The topological polar surface area (TPSA) is 44.4 Å². The van der Waals surface area contributed by atoms with Crippen molar-refractivity contribution in [3.05, 3.63) is 0 Å². The molecule has 2 heterocycles. The zero-order valence-electron chi connectivity index (χ0n) is 11.6. The second-order valence-electron chi connectivity index (χ2n) is 6.00. The number of carbonyl (C=O) groups is 1. The van der Waals surface area contributed by atoms with Crippen molar-refractivity contribution in [3.8, 4) is 0 Å². The van der Waals surface area contributed by atoms with Crippen LogP contribution in [0.15, 0.2) is 0 Å². The Morgan fingerprint density at radius 2 is 2.06 bits per heavy atom. The molecule has 0 aromatic rings. The molecular formula is C14H27N3O. The van der Waals surface area contributed by atoms with Gasteiger partial charge in [-0.25, -0.2) is 0 Å². The summed E-state index contributed by atoms with van der Waals surface area (Å²) in [5.41, 5.74) is 0. The van der Waals surface area contributed by atoms with E-state index in [-0.39, 0.29) is 5.91 Å². The number of hydrogen-bond donors (Lipinski definition) is 2. The van der Waals surface area contributed by atoms with Gasteiger partial charge in [0.15, 0.2) is 0 Å². The molecule has 2 saturated heterocycles. The number of nitrogens with zero attached hydrogens (tertiary/aromatic N) is 1. The highest BCUT2D eigenvalue weighted by Crippen LogP contribution is 2.11. The van der Waals surface area contributed by atoms with E-state index in [1.54, 1.807) is 0 Å². The lowest BCUT2D eigenvalue weighted by molar-refractivity contribution is -0.122. The quantitative estimate of drug-likeness (QED) is 0.737. The molecule has 2 aliphatic rings. The molecule has 0 aromatic carbocycles. The van der Waals surface area contributed by atoms with Crippen LogP contribution >= 0.6 is 0 Å². The van der Waals surface area contributed by atoms with Crippen molar-refractivity contribution < 1.29 is 4.79 Å². The van der Waals surface area contributed by atoms with Crippen LogP contribution in [-0.4, -0.2) is 50.1 Å². The summed E-state index contributed by atoms with van der Waals surface area (Å²) < 4.78 is 0. The summed E-state index contributed by atoms with van der Waals surface area (Å²) in [4.78, 5) is 14.2. The highest BCUT2D eigenvalue weighted by molar-refractivity contribution is 5.76. The Morgan fingerprint density at radius 3 is 2.67 bits per heavy atom. The molecule has 0 saturated carbocycles. The number of likely N-dealkylation sites (tertiary alicyclic amines) is 1. The fourth-order valence-corrected chi connectivity index (χ4v) is 2.76. The minimum atomic E-state index is 0.229. The molecule has 0 bridgehead atoms. The number of amides is 1. The van der Waals surface area contributed by atoms with Crippen LogP contribution in [0.3, 0.4) is 0 Å². The molecule has 1 atom stereocenters. The summed E-state index contributed by atoms with van der Waals surface area (Å²) in [7, 11) is 0. The lowest BCUT2D eigenvalue weighted by Gasteiger charge is -2.29. The van der Waals surface area contributed by atoms with Gasteiger partial charge in [-0.1, -0.05) is 13.3 Å². The van der Waals surface area contributed by atoms with E-state index in [0.717, 1.165) is 26.2 Å². The molecule has 0 spiro atoms. The van der Waals surface area contributed by atoms with Crippen LogP contribution in [0, 0.1) is 11.8 Å². The highest BCUT2D eigenvalue weighted by atomic mass is 16.1. The van der Waals surface area contributed by atoms with Gasteiger partial charge in [0.05, 0.1) is 0 Å². The molecule has 2 fully saturated rings. The third-order valence-electron chi connectivity index (χ3n) is 4.01. The van der Waals surface area contributed by atoms with Crippen molar-refractivity contribution in [3.63, 3.8) is 0 Å². The van der Waals surface area contributed by atoms with E-state index in [9.17, 15) is 4.79 Å². The van der Waals surface area contributed by atoms with Gasteiger partial charge in [-0.05, 0) is 50.9 Å². The summed E-state index contributed by atoms with van der Waals surface area (Å²) >= 11 is 0. The Labute approximate surface area is 110 Å². The zero-order valence-corrected chi connectivity index (χ0v) is 11.6. The first kappa shape index (κ1) is 13.8. The Morgan fingerprint density at radius 1 is 1.33 bits per heavy atom. The first-order valence-electron chi connectivity index (χ1n) is 7.44. The molecular weight excluding hydrogens is 226 g/mol. The first-order valence-corrected chi connectivity index (χ1v) is 7.44. The van der Waals surface area contributed by atoms with Crippen LogP contribution in [0.4, 0.5) is 0 Å². The predicted molar refractivity (Wildman–Crippen MR) is 73.4 cm³/mol. The third kappa shape index (κ3) is 4.58. The number of piperidine rings is 1. The predicted octanol–water partition coefficient (Wildman–Crippen LogP) is 0.834. The molecule has 1 unspecified atom stereocenters. The molecule has 2 N–H and O–H groups in total. The maximum atomic E-state index is 11.7. The van der Waals surface area contributed by atoms with E-state index in [2.05, 4.69) is 22.5 Å². The lowest BCUT2D eigenvalue weighted by Crippen LogP contribution is -2.45. The standard InChI is InChI=1S/C14H27N3O/c1-12(11-17-5-3-2-4-6-17)8-16-14(18)7-13-9-15-10-13/h12-13,15H,2-11H2,1H3,(H,16,18). The molecule has 4 nitrogen and oxygen atoms in total. The SMILES string of the molecule is CC(CNC(=O)CC1CNC1)CN1CCCCC1. The van der Waals surface area contributed by atoms with Gasteiger partial charge < -0.3 is 15.5 Å².